The quantitative estimate of drug-likeness (QED) is 0.888. The minimum absolute atomic E-state index is 0.213. The second-order valence-electron chi connectivity index (χ2n) is 4.61. The fraction of sp³-hybridized carbons (Fsp3) is 0.500. The molecule has 0 radical (unpaired) electrons. The van der Waals surface area contributed by atoms with Gasteiger partial charge in [0.25, 0.3) is 0 Å². The zero-order valence-electron chi connectivity index (χ0n) is 10.5. The van der Waals surface area contributed by atoms with Crippen molar-refractivity contribution in [1.82, 2.24) is 4.90 Å². The van der Waals surface area contributed by atoms with Gasteiger partial charge < -0.3 is 15.4 Å². The van der Waals surface area contributed by atoms with Crippen molar-refractivity contribution in [1.29, 1.82) is 0 Å². The van der Waals surface area contributed by atoms with E-state index in [9.17, 15) is 4.79 Å². The van der Waals surface area contributed by atoms with Crippen molar-refractivity contribution >= 4 is 6.09 Å². The highest BCUT2D eigenvalue weighted by atomic mass is 16.6. The van der Waals surface area contributed by atoms with Gasteiger partial charge in [-0.3, -0.25) is 0 Å². The summed E-state index contributed by atoms with van der Waals surface area (Å²) in [6.07, 6.45) is 2.73. The van der Waals surface area contributed by atoms with E-state index < -0.39 is 0 Å². The summed E-state index contributed by atoms with van der Waals surface area (Å²) < 4.78 is 5.33. The highest BCUT2D eigenvalue weighted by molar-refractivity contribution is 5.68. The van der Waals surface area contributed by atoms with Crippen LogP contribution in [0.1, 0.15) is 24.8 Å². The lowest BCUT2D eigenvalue weighted by Crippen LogP contribution is -2.37. The van der Waals surface area contributed by atoms with Gasteiger partial charge in [-0.15, -0.1) is 0 Å². The lowest BCUT2D eigenvalue weighted by molar-refractivity contribution is 0.0912. The van der Waals surface area contributed by atoms with Crippen LogP contribution in [-0.4, -0.2) is 30.1 Å². The molecule has 1 aromatic rings. The summed E-state index contributed by atoms with van der Waals surface area (Å²) in [5.74, 6) is 0. The Morgan fingerprint density at radius 1 is 1.39 bits per heavy atom. The molecule has 1 atom stereocenters. The average Bonchev–Trinajstić information content (AvgIpc) is 2.86. The summed E-state index contributed by atoms with van der Waals surface area (Å²) in [6, 6.07) is 10.00. The number of rotatable bonds is 4. The van der Waals surface area contributed by atoms with E-state index >= 15 is 0 Å². The lowest BCUT2D eigenvalue weighted by Gasteiger charge is -2.23. The van der Waals surface area contributed by atoms with Crippen LogP contribution in [0.4, 0.5) is 4.79 Å². The van der Waals surface area contributed by atoms with Crippen molar-refractivity contribution in [3.8, 4) is 0 Å². The maximum absolute atomic E-state index is 12.0. The fourth-order valence-corrected chi connectivity index (χ4v) is 2.37. The summed E-state index contributed by atoms with van der Waals surface area (Å²) in [7, 11) is 0. The first-order valence-electron chi connectivity index (χ1n) is 6.48. The number of likely N-dealkylation sites (tertiary alicyclic amines) is 1. The molecule has 4 heteroatoms. The third kappa shape index (κ3) is 3.23. The molecule has 1 heterocycles. The third-order valence-electron chi connectivity index (χ3n) is 3.32. The molecule has 1 aliphatic heterocycles. The lowest BCUT2D eigenvalue weighted by atomic mass is 10.1. The Bertz CT molecular complexity index is 381. The van der Waals surface area contributed by atoms with Gasteiger partial charge in [0.2, 0.25) is 0 Å². The van der Waals surface area contributed by atoms with E-state index in [4.69, 9.17) is 10.5 Å². The summed E-state index contributed by atoms with van der Waals surface area (Å²) in [4.78, 5) is 13.8. The second-order valence-corrected chi connectivity index (χ2v) is 4.61. The van der Waals surface area contributed by atoms with E-state index in [1.54, 1.807) is 0 Å². The largest absolute Gasteiger partial charge is 0.445 e. The van der Waals surface area contributed by atoms with Gasteiger partial charge in [0.15, 0.2) is 0 Å². The molecule has 0 bridgehead atoms. The average molecular weight is 248 g/mol. The summed E-state index contributed by atoms with van der Waals surface area (Å²) in [5, 5.41) is 0. The van der Waals surface area contributed by atoms with E-state index in [-0.39, 0.29) is 12.1 Å². The predicted molar refractivity (Wildman–Crippen MR) is 70.0 cm³/mol. The molecule has 18 heavy (non-hydrogen) atoms. The molecule has 1 amide bonds. The number of benzene rings is 1. The van der Waals surface area contributed by atoms with Crippen LogP contribution in [0.3, 0.4) is 0 Å². The van der Waals surface area contributed by atoms with Crippen molar-refractivity contribution in [2.24, 2.45) is 5.73 Å². The molecule has 0 spiro atoms. The van der Waals surface area contributed by atoms with Gasteiger partial charge in [0, 0.05) is 12.6 Å². The smallest absolute Gasteiger partial charge is 0.410 e. The SMILES string of the molecule is NCC[C@@H]1CCCN1C(=O)OCc1ccccc1. The summed E-state index contributed by atoms with van der Waals surface area (Å²) in [5.41, 5.74) is 6.57. The molecule has 2 rings (SSSR count). The topological polar surface area (TPSA) is 55.6 Å². The molecule has 1 aromatic carbocycles. The van der Waals surface area contributed by atoms with Gasteiger partial charge >= 0.3 is 6.09 Å². The van der Waals surface area contributed by atoms with Gasteiger partial charge in [-0.05, 0) is 31.4 Å². The van der Waals surface area contributed by atoms with E-state index in [2.05, 4.69) is 0 Å². The molecule has 1 fully saturated rings. The Morgan fingerprint density at radius 3 is 2.89 bits per heavy atom. The minimum atomic E-state index is -0.213. The van der Waals surface area contributed by atoms with Crippen molar-refractivity contribution < 1.29 is 9.53 Å². The van der Waals surface area contributed by atoms with Crippen molar-refractivity contribution in [3.63, 3.8) is 0 Å². The number of carbonyl (C=O) groups excluding carboxylic acids is 1. The molecular weight excluding hydrogens is 228 g/mol. The molecule has 1 aliphatic rings. The van der Waals surface area contributed by atoms with Crippen LogP contribution in [-0.2, 0) is 11.3 Å². The molecule has 0 aromatic heterocycles. The summed E-state index contributed by atoms with van der Waals surface area (Å²) >= 11 is 0. The van der Waals surface area contributed by atoms with Crippen LogP contribution in [0, 0.1) is 0 Å². The van der Waals surface area contributed by atoms with Gasteiger partial charge in [-0.2, -0.15) is 0 Å². The Morgan fingerprint density at radius 2 is 2.17 bits per heavy atom. The van der Waals surface area contributed by atoms with Crippen molar-refractivity contribution in [2.75, 3.05) is 13.1 Å². The first-order chi connectivity index (χ1) is 8.81. The van der Waals surface area contributed by atoms with Crippen LogP contribution in [0.15, 0.2) is 30.3 Å². The van der Waals surface area contributed by atoms with Crippen LogP contribution in [0.2, 0.25) is 0 Å². The predicted octanol–water partition coefficient (Wildman–Crippen LogP) is 2.14. The number of carbonyl (C=O) groups is 1. The zero-order valence-corrected chi connectivity index (χ0v) is 10.5. The van der Waals surface area contributed by atoms with Crippen molar-refractivity contribution in [2.45, 2.75) is 31.9 Å². The first-order valence-corrected chi connectivity index (χ1v) is 6.48. The summed E-state index contributed by atoms with van der Waals surface area (Å²) in [6.45, 7) is 1.75. The molecule has 0 unspecified atom stereocenters. The second kappa shape index (κ2) is 6.40. The van der Waals surface area contributed by atoms with Gasteiger partial charge in [-0.1, -0.05) is 30.3 Å². The normalized spacial score (nSPS) is 18.9. The van der Waals surface area contributed by atoms with Gasteiger partial charge in [-0.25, -0.2) is 4.79 Å². The molecule has 4 nitrogen and oxygen atoms in total. The van der Waals surface area contributed by atoms with Gasteiger partial charge in [0.1, 0.15) is 6.61 Å². The Hall–Kier alpha value is -1.55. The molecule has 0 aliphatic carbocycles. The van der Waals surface area contributed by atoms with Crippen LogP contribution in [0.5, 0.6) is 0 Å². The molecule has 2 N–H and O–H groups in total. The van der Waals surface area contributed by atoms with E-state index in [1.807, 2.05) is 35.2 Å². The number of amides is 1. The number of hydrogen-bond acceptors (Lipinski definition) is 3. The first kappa shape index (κ1) is 12.9. The number of nitrogens with two attached hydrogens (primary N) is 1. The van der Waals surface area contributed by atoms with Gasteiger partial charge in [0.05, 0.1) is 0 Å². The maximum Gasteiger partial charge on any atom is 0.410 e. The molecule has 98 valence electrons. The van der Waals surface area contributed by atoms with E-state index in [0.717, 1.165) is 31.4 Å². The molecule has 0 saturated carbocycles. The number of hydrogen-bond donors (Lipinski definition) is 1. The van der Waals surface area contributed by atoms with Crippen LogP contribution < -0.4 is 5.73 Å². The highest BCUT2D eigenvalue weighted by Crippen LogP contribution is 2.20. The highest BCUT2D eigenvalue weighted by Gasteiger charge is 2.28. The third-order valence-corrected chi connectivity index (χ3v) is 3.32. The monoisotopic (exact) mass is 248 g/mol. The van der Waals surface area contributed by atoms with Crippen molar-refractivity contribution in [3.05, 3.63) is 35.9 Å². The zero-order chi connectivity index (χ0) is 12.8. The fourth-order valence-electron chi connectivity index (χ4n) is 2.37. The standard InChI is InChI=1S/C14H20N2O2/c15-9-8-13-7-4-10-16(13)14(17)18-11-12-5-2-1-3-6-12/h1-3,5-6,13H,4,7-11,15H2/t13-/m0/s1. The van der Waals surface area contributed by atoms with E-state index in [1.165, 1.54) is 0 Å². The molecular formula is C14H20N2O2. The number of ether oxygens (including phenoxy) is 1. The Balaban J connectivity index is 1.84. The Labute approximate surface area is 108 Å². The van der Waals surface area contributed by atoms with Crippen LogP contribution >= 0.6 is 0 Å². The minimum Gasteiger partial charge on any atom is -0.445 e. The number of nitrogens with zero attached hydrogens (tertiary/aromatic N) is 1. The van der Waals surface area contributed by atoms with Crippen LogP contribution in [0.25, 0.3) is 0 Å². The van der Waals surface area contributed by atoms with E-state index in [0.29, 0.717) is 13.2 Å². The maximum atomic E-state index is 12.0. The molecule has 1 saturated heterocycles. The Kier molecular flexibility index (Phi) is 4.59.